The van der Waals surface area contributed by atoms with E-state index in [0.717, 1.165) is 18.5 Å². The van der Waals surface area contributed by atoms with E-state index < -0.39 is 0 Å². The molecule has 0 amide bonds. The topological polar surface area (TPSA) is 12.0 Å². The summed E-state index contributed by atoms with van der Waals surface area (Å²) in [5.74, 6) is 0.575. The first-order chi connectivity index (χ1) is 8.95. The van der Waals surface area contributed by atoms with Crippen LogP contribution in [0.1, 0.15) is 12.8 Å². The predicted octanol–water partition coefficient (Wildman–Crippen LogP) is 4.69. The highest BCUT2D eigenvalue weighted by molar-refractivity contribution is 5.44. The number of rotatable bonds is 5. The summed E-state index contributed by atoms with van der Waals surface area (Å²) in [6, 6.07) is 10.2. The molecule has 1 aliphatic rings. The second-order valence-electron chi connectivity index (χ2n) is 4.29. The molecule has 0 radical (unpaired) electrons. The minimum atomic E-state index is 0.575. The van der Waals surface area contributed by atoms with Gasteiger partial charge in [-0.1, -0.05) is 60.7 Å². The molecule has 1 aromatic rings. The van der Waals surface area contributed by atoms with Crippen LogP contribution in [-0.4, -0.2) is 0 Å². The van der Waals surface area contributed by atoms with Crippen molar-refractivity contribution < 1.29 is 0 Å². The highest BCUT2D eigenvalue weighted by atomic mass is 14.8. The molecule has 92 valence electrons. The normalized spacial score (nSPS) is 18.8. The number of hydrogen-bond acceptors (Lipinski definition) is 1. The first-order valence-corrected chi connectivity index (χ1v) is 6.42. The van der Waals surface area contributed by atoms with Crippen LogP contribution in [0.4, 0.5) is 5.69 Å². The van der Waals surface area contributed by atoms with Crippen molar-refractivity contribution in [1.29, 1.82) is 0 Å². The van der Waals surface area contributed by atoms with Crippen LogP contribution in [0.3, 0.4) is 0 Å². The molecule has 0 saturated heterocycles. The number of benzene rings is 1. The Hall–Kier alpha value is -2.02. The zero-order chi connectivity index (χ0) is 12.5. The van der Waals surface area contributed by atoms with Crippen LogP contribution in [0, 0.1) is 5.92 Å². The van der Waals surface area contributed by atoms with Gasteiger partial charge >= 0.3 is 0 Å². The van der Waals surface area contributed by atoms with Crippen molar-refractivity contribution in [3.05, 3.63) is 79.1 Å². The minimum Gasteiger partial charge on any atom is -0.362 e. The molecule has 1 nitrogen and oxygen atoms in total. The number of allylic oxidation sites excluding steroid dienone is 7. The Morgan fingerprint density at radius 2 is 2.00 bits per heavy atom. The van der Waals surface area contributed by atoms with E-state index in [1.54, 1.807) is 0 Å². The van der Waals surface area contributed by atoms with Crippen LogP contribution < -0.4 is 5.32 Å². The fourth-order valence-corrected chi connectivity index (χ4v) is 1.83. The van der Waals surface area contributed by atoms with E-state index >= 15 is 0 Å². The summed E-state index contributed by atoms with van der Waals surface area (Å²) in [5, 5.41) is 3.24. The van der Waals surface area contributed by atoms with Crippen LogP contribution in [0.2, 0.25) is 0 Å². The Balaban J connectivity index is 1.67. The largest absolute Gasteiger partial charge is 0.362 e. The molecule has 2 rings (SSSR count). The molecule has 0 fully saturated rings. The van der Waals surface area contributed by atoms with Gasteiger partial charge in [0, 0.05) is 5.69 Å². The van der Waals surface area contributed by atoms with Crippen LogP contribution in [0.15, 0.2) is 79.1 Å². The highest BCUT2D eigenvalue weighted by Gasteiger charge is 1.98. The van der Waals surface area contributed by atoms with Crippen LogP contribution in [0.5, 0.6) is 0 Å². The third-order valence-corrected chi connectivity index (χ3v) is 2.81. The zero-order valence-electron chi connectivity index (χ0n) is 10.5. The third kappa shape index (κ3) is 4.46. The van der Waals surface area contributed by atoms with Gasteiger partial charge < -0.3 is 5.32 Å². The molecular formula is C17H19N. The fourth-order valence-electron chi connectivity index (χ4n) is 1.83. The Bertz CT molecular complexity index is 452. The van der Waals surface area contributed by atoms with E-state index in [-0.39, 0.29) is 0 Å². The lowest BCUT2D eigenvalue weighted by Crippen LogP contribution is -1.91. The van der Waals surface area contributed by atoms with Crippen molar-refractivity contribution in [1.82, 2.24) is 0 Å². The second-order valence-corrected chi connectivity index (χ2v) is 4.29. The lowest BCUT2D eigenvalue weighted by Gasteiger charge is -2.05. The van der Waals surface area contributed by atoms with Gasteiger partial charge in [-0.15, -0.1) is 0 Å². The molecule has 0 aliphatic heterocycles. The quantitative estimate of drug-likeness (QED) is 0.732. The maximum atomic E-state index is 3.24. The first kappa shape index (κ1) is 12.4. The maximum absolute atomic E-state index is 3.24. The van der Waals surface area contributed by atoms with Gasteiger partial charge in [-0.3, -0.25) is 0 Å². The van der Waals surface area contributed by atoms with Gasteiger partial charge in [0.25, 0.3) is 0 Å². The van der Waals surface area contributed by atoms with Crippen molar-refractivity contribution in [2.24, 2.45) is 5.92 Å². The summed E-state index contributed by atoms with van der Waals surface area (Å²) in [6.45, 7) is 0. The number of anilines is 1. The van der Waals surface area contributed by atoms with E-state index in [9.17, 15) is 0 Å². The average molecular weight is 237 g/mol. The maximum Gasteiger partial charge on any atom is 0.0379 e. The molecule has 1 atom stereocenters. The number of para-hydroxylation sites is 1. The van der Waals surface area contributed by atoms with Gasteiger partial charge in [-0.25, -0.2) is 0 Å². The van der Waals surface area contributed by atoms with Crippen molar-refractivity contribution in [2.75, 3.05) is 5.32 Å². The number of nitrogens with one attached hydrogen (secondary N) is 1. The number of hydrogen-bond donors (Lipinski definition) is 1. The van der Waals surface area contributed by atoms with Gasteiger partial charge in [0.1, 0.15) is 0 Å². The second kappa shape index (κ2) is 7.33. The Kier molecular flexibility index (Phi) is 5.07. The molecule has 1 unspecified atom stereocenters. The van der Waals surface area contributed by atoms with Crippen molar-refractivity contribution >= 4 is 5.69 Å². The first-order valence-electron chi connectivity index (χ1n) is 6.42. The summed E-state index contributed by atoms with van der Waals surface area (Å²) < 4.78 is 0. The summed E-state index contributed by atoms with van der Waals surface area (Å²) in [5.41, 5.74) is 1.12. The fraction of sp³-hybridized carbons (Fsp3) is 0.176. The Labute approximate surface area is 109 Å². The van der Waals surface area contributed by atoms with E-state index in [1.807, 2.05) is 24.4 Å². The molecule has 1 aromatic carbocycles. The van der Waals surface area contributed by atoms with Gasteiger partial charge in [-0.05, 0) is 37.1 Å². The van der Waals surface area contributed by atoms with Gasteiger partial charge in [0.15, 0.2) is 0 Å². The molecule has 0 heterocycles. The Morgan fingerprint density at radius 1 is 1.11 bits per heavy atom. The van der Waals surface area contributed by atoms with Crippen molar-refractivity contribution in [3.63, 3.8) is 0 Å². The predicted molar refractivity (Wildman–Crippen MR) is 79.3 cm³/mol. The average Bonchev–Trinajstić information content (AvgIpc) is 2.45. The monoisotopic (exact) mass is 237 g/mol. The standard InChI is InChI=1S/C17H19N/c1-4-10-16(11-5-1)12-6-3-9-15-18-17-13-7-2-8-14-17/h1-2,4-10,12-16,18H,3,11H2/b12-6-,15-9+. The molecule has 0 saturated carbocycles. The smallest absolute Gasteiger partial charge is 0.0379 e. The Morgan fingerprint density at radius 3 is 2.78 bits per heavy atom. The van der Waals surface area contributed by atoms with Crippen LogP contribution in [0.25, 0.3) is 0 Å². The molecule has 1 aliphatic carbocycles. The summed E-state index contributed by atoms with van der Waals surface area (Å²) in [6.07, 6.45) is 19.4. The summed E-state index contributed by atoms with van der Waals surface area (Å²) in [7, 11) is 0. The minimum absolute atomic E-state index is 0.575. The molecule has 18 heavy (non-hydrogen) atoms. The molecule has 0 spiro atoms. The summed E-state index contributed by atoms with van der Waals surface area (Å²) >= 11 is 0. The third-order valence-electron chi connectivity index (χ3n) is 2.81. The lowest BCUT2D eigenvalue weighted by atomic mass is 10.0. The van der Waals surface area contributed by atoms with Crippen molar-refractivity contribution in [3.8, 4) is 0 Å². The zero-order valence-corrected chi connectivity index (χ0v) is 10.5. The molecule has 1 heteroatoms. The van der Waals surface area contributed by atoms with E-state index in [1.165, 1.54) is 0 Å². The molecule has 1 N–H and O–H groups in total. The van der Waals surface area contributed by atoms with E-state index in [0.29, 0.717) is 5.92 Å². The van der Waals surface area contributed by atoms with E-state index in [4.69, 9.17) is 0 Å². The molecule has 0 aromatic heterocycles. The summed E-state index contributed by atoms with van der Waals surface area (Å²) in [4.78, 5) is 0. The van der Waals surface area contributed by atoms with Gasteiger partial charge in [0.2, 0.25) is 0 Å². The molecule has 0 bridgehead atoms. The van der Waals surface area contributed by atoms with Crippen LogP contribution >= 0.6 is 0 Å². The SMILES string of the molecule is C1=CCC(/C=C\C/C=C/Nc2ccccc2)C=C1. The lowest BCUT2D eigenvalue weighted by molar-refractivity contribution is 0.819. The van der Waals surface area contributed by atoms with Crippen molar-refractivity contribution in [2.45, 2.75) is 12.8 Å². The van der Waals surface area contributed by atoms with Crippen LogP contribution in [-0.2, 0) is 0 Å². The molecular weight excluding hydrogens is 218 g/mol. The van der Waals surface area contributed by atoms with Gasteiger partial charge in [0.05, 0.1) is 0 Å². The van der Waals surface area contributed by atoms with E-state index in [2.05, 4.69) is 60.0 Å². The highest BCUT2D eigenvalue weighted by Crippen LogP contribution is 2.13. The van der Waals surface area contributed by atoms with Gasteiger partial charge in [-0.2, -0.15) is 0 Å².